The van der Waals surface area contributed by atoms with E-state index in [0.717, 1.165) is 60.9 Å². The van der Waals surface area contributed by atoms with Crippen LogP contribution in [0.3, 0.4) is 0 Å². The molecule has 3 fully saturated rings. The van der Waals surface area contributed by atoms with Gasteiger partial charge in [-0.25, -0.2) is 24.2 Å². The number of aryl methyl sites for hydroxylation is 2. The number of hydrogen-bond acceptors (Lipinski definition) is 11. The Bertz CT molecular complexity index is 2670. The zero-order valence-electron chi connectivity index (χ0n) is 38.0. The van der Waals surface area contributed by atoms with E-state index in [9.17, 15) is 14.4 Å². The molecule has 2 aromatic heterocycles. The van der Waals surface area contributed by atoms with Crippen LogP contribution in [0, 0.1) is 37.4 Å². The first-order valence-electron chi connectivity index (χ1n) is 22.8. The molecule has 2 N–H and O–H groups in total. The van der Waals surface area contributed by atoms with Crippen LogP contribution in [0.5, 0.6) is 28.7 Å². The zero-order chi connectivity index (χ0) is 46.1. The Morgan fingerprint density at radius 1 is 0.864 bits per heavy atom. The number of aromatic nitrogens is 3. The Balaban J connectivity index is 0.935. The van der Waals surface area contributed by atoms with E-state index in [4.69, 9.17) is 28.8 Å². The second-order valence-corrected chi connectivity index (χ2v) is 17.8. The molecule has 5 aromatic rings. The van der Waals surface area contributed by atoms with E-state index in [2.05, 4.69) is 20.3 Å². The highest BCUT2D eigenvalue weighted by atomic mass is 19.1. The highest BCUT2D eigenvalue weighted by Gasteiger charge is 2.44. The summed E-state index contributed by atoms with van der Waals surface area (Å²) in [6.45, 7) is 4.91. The minimum Gasteiger partial charge on any atom is -0.494 e. The number of H-pyrrole nitrogens is 1. The molecule has 0 bridgehead atoms. The molecule has 0 spiro atoms. The molecule has 2 aliphatic carbocycles. The van der Waals surface area contributed by atoms with Gasteiger partial charge >= 0.3 is 6.09 Å². The van der Waals surface area contributed by atoms with Gasteiger partial charge in [-0.3, -0.25) is 9.59 Å². The first kappa shape index (κ1) is 44.5. The molecular formula is C50H56FN7O8. The molecule has 15 nitrogen and oxygen atoms in total. The average Bonchev–Trinajstić information content (AvgIpc) is 4.12. The van der Waals surface area contributed by atoms with Gasteiger partial charge in [-0.1, -0.05) is 42.7 Å². The molecule has 4 aliphatic rings. The van der Waals surface area contributed by atoms with Gasteiger partial charge in [0.05, 0.1) is 50.9 Å². The van der Waals surface area contributed by atoms with Crippen molar-refractivity contribution in [2.24, 2.45) is 22.9 Å². The number of amides is 3. The molecule has 9 rings (SSSR count). The quantitative estimate of drug-likeness (QED) is 0.112. The van der Waals surface area contributed by atoms with E-state index in [1.54, 1.807) is 31.1 Å². The SMILES string of the molecule is COc1cc(OCC2CC2)c(-c2ncnc3c(OC(=O)N[C@H](Cc4cccc(C)c4)C(=O)N4CCC(N5N=C(c6ccc(OC)c(OC)c6)[C@H]6CCCC[C@H]6C5=O)CC4)c(C)[nH]c23)cc1F. The maximum atomic E-state index is 15.2. The lowest BCUT2D eigenvalue weighted by Gasteiger charge is -2.43. The molecule has 346 valence electrons. The van der Waals surface area contributed by atoms with Crippen molar-refractivity contribution in [1.82, 2.24) is 30.2 Å². The van der Waals surface area contributed by atoms with Crippen LogP contribution in [-0.4, -0.2) is 102 Å². The maximum absolute atomic E-state index is 15.2. The van der Waals surface area contributed by atoms with Gasteiger partial charge in [-0.05, 0) is 88.1 Å². The summed E-state index contributed by atoms with van der Waals surface area (Å²) < 4.78 is 43.7. The summed E-state index contributed by atoms with van der Waals surface area (Å²) in [5.41, 5.74) is 5.60. The lowest BCUT2D eigenvalue weighted by Crippen LogP contribution is -2.56. The van der Waals surface area contributed by atoms with Crippen molar-refractivity contribution in [2.75, 3.05) is 41.0 Å². The van der Waals surface area contributed by atoms with Gasteiger partial charge in [0, 0.05) is 48.5 Å². The number of carbonyl (C=O) groups is 3. The molecular weight excluding hydrogens is 846 g/mol. The minimum atomic E-state index is -0.978. The molecule has 3 aromatic carbocycles. The second kappa shape index (κ2) is 19.0. The Morgan fingerprint density at radius 3 is 2.35 bits per heavy atom. The summed E-state index contributed by atoms with van der Waals surface area (Å²) in [4.78, 5) is 56.6. The number of nitrogens with zero attached hydrogens (tertiary/aromatic N) is 5. The summed E-state index contributed by atoms with van der Waals surface area (Å²) in [5, 5.41) is 9.65. The summed E-state index contributed by atoms with van der Waals surface area (Å²) in [7, 11) is 4.60. The van der Waals surface area contributed by atoms with E-state index < -0.39 is 18.0 Å². The van der Waals surface area contributed by atoms with Crippen molar-refractivity contribution >= 4 is 34.7 Å². The standard InChI is InChI=1S/C50H56FN7O8/c1-28-9-8-10-31(21-28)22-38(55-50(61)66-47-29(2)54-45-44(52-27-53-46(45)47)36-24-37(51)41(63-4)25-40(36)65-26-30-13-14-30)49(60)57-19-17-33(18-20-57)58-48(59)35-12-7-6-11-34(35)43(56-58)32-15-16-39(62-3)42(23-32)64-5/h8-10,15-16,21,23-25,27,30,33-35,38,54H,6-7,11-14,17-20,22,26H2,1-5H3,(H,55,61)/t34-,35+,38+/m0/s1. The number of carbonyl (C=O) groups excluding carboxylic acids is 3. The largest absolute Gasteiger partial charge is 0.494 e. The van der Waals surface area contributed by atoms with Crippen molar-refractivity contribution in [1.29, 1.82) is 0 Å². The Hall–Kier alpha value is -6.71. The van der Waals surface area contributed by atoms with Crippen LogP contribution in [0.1, 0.15) is 73.8 Å². The lowest BCUT2D eigenvalue weighted by molar-refractivity contribution is -0.143. The van der Waals surface area contributed by atoms with Gasteiger partial charge < -0.3 is 38.9 Å². The van der Waals surface area contributed by atoms with E-state index in [1.165, 1.54) is 25.6 Å². The first-order chi connectivity index (χ1) is 32.0. The molecule has 2 saturated carbocycles. The zero-order valence-corrected chi connectivity index (χ0v) is 38.0. The molecule has 3 amide bonds. The molecule has 16 heteroatoms. The van der Waals surface area contributed by atoms with E-state index in [0.29, 0.717) is 83.7 Å². The van der Waals surface area contributed by atoms with Gasteiger partial charge in [0.2, 0.25) is 11.8 Å². The van der Waals surface area contributed by atoms with Crippen LogP contribution in [0.15, 0.2) is 66.0 Å². The number of benzene rings is 3. The van der Waals surface area contributed by atoms with Crippen LogP contribution in [0.25, 0.3) is 22.3 Å². The predicted molar refractivity (Wildman–Crippen MR) is 245 cm³/mol. The Kier molecular flexibility index (Phi) is 12.8. The van der Waals surface area contributed by atoms with Crippen LogP contribution in [0.4, 0.5) is 9.18 Å². The van der Waals surface area contributed by atoms with E-state index >= 15 is 4.39 Å². The second-order valence-electron chi connectivity index (χ2n) is 17.8. The van der Waals surface area contributed by atoms with Gasteiger partial charge in [0.25, 0.3) is 0 Å². The van der Waals surface area contributed by atoms with Crippen molar-refractivity contribution < 1.29 is 42.5 Å². The molecule has 3 atom stereocenters. The minimum absolute atomic E-state index is 0.0140. The number of hydrogen-bond donors (Lipinski definition) is 2. The van der Waals surface area contributed by atoms with Crippen molar-refractivity contribution in [3.05, 3.63) is 89.1 Å². The van der Waals surface area contributed by atoms with Crippen LogP contribution >= 0.6 is 0 Å². The van der Waals surface area contributed by atoms with Crippen LogP contribution < -0.4 is 29.0 Å². The molecule has 0 unspecified atom stereocenters. The molecule has 1 saturated heterocycles. The van der Waals surface area contributed by atoms with Crippen molar-refractivity contribution in [3.8, 4) is 40.0 Å². The van der Waals surface area contributed by atoms with Gasteiger partial charge in [0.15, 0.2) is 28.8 Å². The number of halogens is 1. The highest BCUT2D eigenvalue weighted by molar-refractivity contribution is 6.07. The average molecular weight is 902 g/mol. The number of ether oxygens (including phenoxy) is 5. The van der Waals surface area contributed by atoms with Crippen molar-refractivity contribution in [2.45, 2.75) is 83.7 Å². The summed E-state index contributed by atoms with van der Waals surface area (Å²) in [6, 6.07) is 15.2. The maximum Gasteiger partial charge on any atom is 0.413 e. The third-order valence-corrected chi connectivity index (χ3v) is 13.4. The van der Waals surface area contributed by atoms with Gasteiger partial charge in [-0.2, -0.15) is 5.10 Å². The molecule has 0 radical (unpaired) electrons. The number of aromatic amines is 1. The molecule has 2 aliphatic heterocycles. The number of hydrazone groups is 1. The Morgan fingerprint density at radius 2 is 1.62 bits per heavy atom. The van der Waals surface area contributed by atoms with Gasteiger partial charge in [-0.15, -0.1) is 0 Å². The van der Waals surface area contributed by atoms with E-state index in [1.807, 2.05) is 49.4 Å². The highest BCUT2D eigenvalue weighted by Crippen LogP contribution is 2.42. The first-order valence-corrected chi connectivity index (χ1v) is 22.8. The summed E-state index contributed by atoms with van der Waals surface area (Å²) >= 11 is 0. The number of piperidine rings is 1. The number of nitrogens with one attached hydrogen (secondary N) is 2. The number of methoxy groups -OCH3 is 3. The Labute approximate surface area is 383 Å². The van der Waals surface area contributed by atoms with Crippen LogP contribution in [-0.2, 0) is 16.0 Å². The number of rotatable bonds is 14. The van der Waals surface area contributed by atoms with Crippen LogP contribution in [0.2, 0.25) is 0 Å². The van der Waals surface area contributed by atoms with Crippen molar-refractivity contribution in [3.63, 3.8) is 0 Å². The smallest absolute Gasteiger partial charge is 0.413 e. The fraction of sp³-hybridized carbons (Fsp3) is 0.440. The lowest BCUT2D eigenvalue weighted by atomic mass is 9.73. The van der Waals surface area contributed by atoms with E-state index in [-0.39, 0.29) is 47.6 Å². The molecule has 4 heterocycles. The monoisotopic (exact) mass is 901 g/mol. The number of likely N-dealkylation sites (tertiary alicyclic amines) is 1. The molecule has 66 heavy (non-hydrogen) atoms. The summed E-state index contributed by atoms with van der Waals surface area (Å²) in [5.74, 6) is 1.29. The fourth-order valence-corrected chi connectivity index (χ4v) is 9.70. The number of fused-ring (bicyclic) bond motifs is 2. The summed E-state index contributed by atoms with van der Waals surface area (Å²) in [6.07, 6.45) is 7.58. The predicted octanol–water partition coefficient (Wildman–Crippen LogP) is 7.94. The van der Waals surface area contributed by atoms with Gasteiger partial charge in [0.1, 0.15) is 29.3 Å². The third-order valence-electron chi connectivity index (χ3n) is 13.4. The third kappa shape index (κ3) is 9.09. The topological polar surface area (TPSA) is 170 Å². The fourth-order valence-electron chi connectivity index (χ4n) is 9.70. The normalized spacial score (nSPS) is 19.2.